The number of aromatic nitrogens is 2. The van der Waals surface area contributed by atoms with Gasteiger partial charge >= 0.3 is 0 Å². The Hall–Kier alpha value is -3.47. The van der Waals surface area contributed by atoms with E-state index in [1.165, 1.54) is 5.56 Å². The maximum atomic E-state index is 12.4. The second-order valence-electron chi connectivity index (χ2n) is 6.28. The SMILES string of the molecule is O=C(NCCCc1ccccc1)c1ccc2nc(-c3ccncc3)oc2c1. The predicted molar refractivity (Wildman–Crippen MR) is 104 cm³/mol. The number of pyridine rings is 1. The predicted octanol–water partition coefficient (Wildman–Crippen LogP) is 4.25. The number of rotatable bonds is 6. The van der Waals surface area contributed by atoms with Crippen molar-refractivity contribution >= 4 is 17.0 Å². The van der Waals surface area contributed by atoms with E-state index in [0.29, 0.717) is 23.6 Å². The van der Waals surface area contributed by atoms with Crippen molar-refractivity contribution < 1.29 is 9.21 Å². The standard InChI is InChI=1S/C22H19N3O2/c26-21(24-12-4-7-16-5-2-1-3-6-16)18-8-9-19-20(15-18)27-22(25-19)17-10-13-23-14-11-17/h1-3,5-6,8-11,13-15H,4,7,12H2,(H,24,26). The fraction of sp³-hybridized carbons (Fsp3) is 0.136. The van der Waals surface area contributed by atoms with Crippen molar-refractivity contribution in [1.29, 1.82) is 0 Å². The van der Waals surface area contributed by atoms with Gasteiger partial charge in [-0.2, -0.15) is 0 Å². The van der Waals surface area contributed by atoms with Gasteiger partial charge in [0, 0.05) is 30.1 Å². The fourth-order valence-electron chi connectivity index (χ4n) is 2.92. The fourth-order valence-corrected chi connectivity index (χ4v) is 2.92. The lowest BCUT2D eigenvalue weighted by molar-refractivity contribution is 0.0953. The van der Waals surface area contributed by atoms with Crippen LogP contribution in [0.2, 0.25) is 0 Å². The van der Waals surface area contributed by atoms with Gasteiger partial charge in [-0.1, -0.05) is 30.3 Å². The highest BCUT2D eigenvalue weighted by Gasteiger charge is 2.11. The van der Waals surface area contributed by atoms with Crippen molar-refractivity contribution in [2.45, 2.75) is 12.8 Å². The summed E-state index contributed by atoms with van der Waals surface area (Å²) in [4.78, 5) is 20.9. The molecule has 0 radical (unpaired) electrons. The smallest absolute Gasteiger partial charge is 0.251 e. The molecule has 4 rings (SSSR count). The van der Waals surface area contributed by atoms with Crippen LogP contribution < -0.4 is 5.32 Å². The lowest BCUT2D eigenvalue weighted by Crippen LogP contribution is -2.24. The number of fused-ring (bicyclic) bond motifs is 1. The first-order chi connectivity index (χ1) is 13.3. The van der Waals surface area contributed by atoms with Gasteiger partial charge in [0.25, 0.3) is 5.91 Å². The molecule has 0 bridgehead atoms. The summed E-state index contributed by atoms with van der Waals surface area (Å²) < 4.78 is 5.81. The zero-order valence-electron chi connectivity index (χ0n) is 14.8. The first kappa shape index (κ1) is 17.0. The van der Waals surface area contributed by atoms with E-state index >= 15 is 0 Å². The van der Waals surface area contributed by atoms with E-state index in [1.807, 2.05) is 36.4 Å². The summed E-state index contributed by atoms with van der Waals surface area (Å²) >= 11 is 0. The molecule has 0 aliphatic rings. The van der Waals surface area contributed by atoms with E-state index in [0.717, 1.165) is 23.9 Å². The van der Waals surface area contributed by atoms with Gasteiger partial charge in [0.1, 0.15) is 5.52 Å². The first-order valence-electron chi connectivity index (χ1n) is 8.93. The Morgan fingerprint density at radius 3 is 2.63 bits per heavy atom. The third kappa shape index (κ3) is 4.03. The van der Waals surface area contributed by atoms with Gasteiger partial charge in [0.15, 0.2) is 5.58 Å². The molecule has 1 N–H and O–H groups in total. The van der Waals surface area contributed by atoms with Gasteiger partial charge in [-0.15, -0.1) is 0 Å². The monoisotopic (exact) mass is 357 g/mol. The maximum absolute atomic E-state index is 12.4. The van der Waals surface area contributed by atoms with Crippen molar-refractivity contribution in [1.82, 2.24) is 15.3 Å². The molecule has 5 heteroatoms. The Kier molecular flexibility index (Phi) is 4.92. The van der Waals surface area contributed by atoms with Crippen LogP contribution >= 0.6 is 0 Å². The molecule has 0 aliphatic heterocycles. The zero-order chi connectivity index (χ0) is 18.5. The molecule has 27 heavy (non-hydrogen) atoms. The normalized spacial score (nSPS) is 10.8. The minimum absolute atomic E-state index is 0.105. The minimum Gasteiger partial charge on any atom is -0.436 e. The van der Waals surface area contributed by atoms with Gasteiger partial charge in [-0.05, 0) is 48.7 Å². The Bertz CT molecular complexity index is 1040. The molecule has 0 saturated heterocycles. The van der Waals surface area contributed by atoms with Crippen LogP contribution in [0.1, 0.15) is 22.3 Å². The summed E-state index contributed by atoms with van der Waals surface area (Å²) in [5, 5.41) is 2.96. The van der Waals surface area contributed by atoms with Gasteiger partial charge < -0.3 is 9.73 Å². The number of amides is 1. The summed E-state index contributed by atoms with van der Waals surface area (Å²) in [6.07, 6.45) is 5.22. The second-order valence-corrected chi connectivity index (χ2v) is 6.28. The molecule has 1 amide bonds. The number of aryl methyl sites for hydroxylation is 1. The first-order valence-corrected chi connectivity index (χ1v) is 8.93. The Labute approximate surface area is 157 Å². The third-order valence-electron chi connectivity index (χ3n) is 4.35. The van der Waals surface area contributed by atoms with Gasteiger partial charge in [0.05, 0.1) is 0 Å². The minimum atomic E-state index is -0.105. The van der Waals surface area contributed by atoms with Crippen molar-refractivity contribution in [2.75, 3.05) is 6.54 Å². The molecule has 0 aliphatic carbocycles. The molecule has 0 spiro atoms. The van der Waals surface area contributed by atoms with Crippen molar-refractivity contribution in [3.63, 3.8) is 0 Å². The van der Waals surface area contributed by atoms with E-state index in [4.69, 9.17) is 4.42 Å². The van der Waals surface area contributed by atoms with E-state index in [2.05, 4.69) is 27.4 Å². The average Bonchev–Trinajstić information content (AvgIpc) is 3.16. The van der Waals surface area contributed by atoms with Crippen molar-refractivity contribution in [2.24, 2.45) is 0 Å². The molecular weight excluding hydrogens is 338 g/mol. The summed E-state index contributed by atoms with van der Waals surface area (Å²) in [6.45, 7) is 0.629. The Morgan fingerprint density at radius 2 is 1.81 bits per heavy atom. The molecule has 0 unspecified atom stereocenters. The van der Waals surface area contributed by atoms with E-state index in [1.54, 1.807) is 24.5 Å². The van der Waals surface area contributed by atoms with Crippen LogP contribution in [0.3, 0.4) is 0 Å². The lowest BCUT2D eigenvalue weighted by atomic mass is 10.1. The van der Waals surface area contributed by atoms with Gasteiger partial charge in [-0.25, -0.2) is 4.98 Å². The lowest BCUT2D eigenvalue weighted by Gasteiger charge is -2.05. The molecule has 0 fully saturated rings. The molecule has 134 valence electrons. The van der Waals surface area contributed by atoms with Crippen LogP contribution in [0.15, 0.2) is 77.5 Å². The largest absolute Gasteiger partial charge is 0.436 e. The Balaban J connectivity index is 1.40. The van der Waals surface area contributed by atoms with Gasteiger partial charge in [-0.3, -0.25) is 9.78 Å². The van der Waals surface area contributed by atoms with Crippen LogP contribution in [0, 0.1) is 0 Å². The van der Waals surface area contributed by atoms with Gasteiger partial charge in [0.2, 0.25) is 5.89 Å². The highest BCUT2D eigenvalue weighted by molar-refractivity contribution is 5.97. The molecule has 2 aromatic carbocycles. The topological polar surface area (TPSA) is 68.0 Å². The molecule has 0 atom stereocenters. The van der Waals surface area contributed by atoms with Crippen LogP contribution in [0.5, 0.6) is 0 Å². The number of nitrogens with zero attached hydrogens (tertiary/aromatic N) is 2. The molecular formula is C22H19N3O2. The molecule has 2 aromatic heterocycles. The van der Waals surface area contributed by atoms with E-state index < -0.39 is 0 Å². The van der Waals surface area contributed by atoms with Crippen molar-refractivity contribution in [3.05, 3.63) is 84.2 Å². The van der Waals surface area contributed by atoms with Crippen molar-refractivity contribution in [3.8, 4) is 11.5 Å². The zero-order valence-corrected chi connectivity index (χ0v) is 14.8. The van der Waals surface area contributed by atoms with Crippen LogP contribution in [0.25, 0.3) is 22.6 Å². The average molecular weight is 357 g/mol. The second kappa shape index (κ2) is 7.83. The number of hydrogen-bond acceptors (Lipinski definition) is 4. The molecule has 0 saturated carbocycles. The number of carbonyl (C=O) groups excluding carboxylic acids is 1. The number of hydrogen-bond donors (Lipinski definition) is 1. The quantitative estimate of drug-likeness (QED) is 0.524. The summed E-state index contributed by atoms with van der Waals surface area (Å²) in [6, 6.07) is 19.2. The number of oxazole rings is 1. The highest BCUT2D eigenvalue weighted by Crippen LogP contribution is 2.24. The number of nitrogens with one attached hydrogen (secondary N) is 1. The third-order valence-corrected chi connectivity index (χ3v) is 4.35. The Morgan fingerprint density at radius 1 is 1.00 bits per heavy atom. The highest BCUT2D eigenvalue weighted by atomic mass is 16.3. The van der Waals surface area contributed by atoms with Crippen LogP contribution in [-0.2, 0) is 6.42 Å². The van der Waals surface area contributed by atoms with E-state index in [9.17, 15) is 4.79 Å². The molecule has 5 nitrogen and oxygen atoms in total. The van der Waals surface area contributed by atoms with Crippen LogP contribution in [0.4, 0.5) is 0 Å². The number of benzene rings is 2. The summed E-state index contributed by atoms with van der Waals surface area (Å²) in [5.41, 5.74) is 4.02. The maximum Gasteiger partial charge on any atom is 0.251 e. The summed E-state index contributed by atoms with van der Waals surface area (Å²) in [5.74, 6) is 0.416. The summed E-state index contributed by atoms with van der Waals surface area (Å²) in [7, 11) is 0. The molecule has 4 aromatic rings. The number of carbonyl (C=O) groups is 1. The van der Waals surface area contributed by atoms with E-state index in [-0.39, 0.29) is 5.91 Å². The molecule has 2 heterocycles. The van der Waals surface area contributed by atoms with Crippen LogP contribution in [-0.4, -0.2) is 22.4 Å².